The standard InChI is InChI=1S/C14H27N3O/c1-7-14(4,11-15)13(18)17(10-12(2)3)9-8-16(5)6/h12H,7-10H2,1-6H3. The summed E-state index contributed by atoms with van der Waals surface area (Å²) in [6.45, 7) is 10.0. The van der Waals surface area contributed by atoms with Crippen LogP contribution in [0.25, 0.3) is 0 Å². The molecule has 0 saturated carbocycles. The highest BCUT2D eigenvalue weighted by Gasteiger charge is 2.35. The van der Waals surface area contributed by atoms with Gasteiger partial charge in [-0.3, -0.25) is 4.79 Å². The second-order valence-electron chi connectivity index (χ2n) is 5.75. The van der Waals surface area contributed by atoms with E-state index in [1.54, 1.807) is 6.92 Å². The van der Waals surface area contributed by atoms with Gasteiger partial charge in [-0.15, -0.1) is 0 Å². The Morgan fingerprint density at radius 1 is 1.33 bits per heavy atom. The van der Waals surface area contributed by atoms with Crippen molar-refractivity contribution in [2.24, 2.45) is 11.3 Å². The molecule has 0 aromatic heterocycles. The van der Waals surface area contributed by atoms with Gasteiger partial charge >= 0.3 is 0 Å². The fourth-order valence-electron chi connectivity index (χ4n) is 1.66. The van der Waals surface area contributed by atoms with Crippen molar-refractivity contribution >= 4 is 5.91 Å². The van der Waals surface area contributed by atoms with E-state index in [0.717, 1.165) is 6.54 Å². The van der Waals surface area contributed by atoms with Crippen molar-refractivity contribution in [1.29, 1.82) is 5.26 Å². The van der Waals surface area contributed by atoms with Crippen LogP contribution in [0.4, 0.5) is 0 Å². The van der Waals surface area contributed by atoms with Crippen molar-refractivity contribution in [3.05, 3.63) is 0 Å². The molecule has 0 aromatic carbocycles. The number of hydrogen-bond donors (Lipinski definition) is 0. The molecule has 0 radical (unpaired) electrons. The van der Waals surface area contributed by atoms with Crippen LogP contribution in [0.2, 0.25) is 0 Å². The van der Waals surface area contributed by atoms with Gasteiger partial charge < -0.3 is 9.80 Å². The summed E-state index contributed by atoms with van der Waals surface area (Å²) < 4.78 is 0. The van der Waals surface area contributed by atoms with Crippen LogP contribution in [0.1, 0.15) is 34.1 Å². The Bertz CT molecular complexity index is 307. The lowest BCUT2D eigenvalue weighted by Crippen LogP contribution is -2.45. The third-order valence-corrected chi connectivity index (χ3v) is 3.12. The number of likely N-dealkylation sites (N-methyl/N-ethyl adjacent to an activating group) is 1. The van der Waals surface area contributed by atoms with Gasteiger partial charge in [0.1, 0.15) is 5.41 Å². The molecule has 1 atom stereocenters. The molecule has 0 rings (SSSR count). The Morgan fingerprint density at radius 2 is 1.89 bits per heavy atom. The van der Waals surface area contributed by atoms with Crippen LogP contribution in [-0.4, -0.2) is 49.4 Å². The molecule has 0 fully saturated rings. The fourth-order valence-corrected chi connectivity index (χ4v) is 1.66. The molecule has 1 amide bonds. The first-order valence-corrected chi connectivity index (χ1v) is 6.62. The molecule has 0 saturated heterocycles. The summed E-state index contributed by atoms with van der Waals surface area (Å²) in [6, 6.07) is 2.16. The van der Waals surface area contributed by atoms with E-state index in [0.29, 0.717) is 25.4 Å². The van der Waals surface area contributed by atoms with Gasteiger partial charge in [0.2, 0.25) is 5.91 Å². The van der Waals surface area contributed by atoms with E-state index in [9.17, 15) is 10.1 Å². The average Bonchev–Trinajstić information content (AvgIpc) is 2.31. The number of hydrogen-bond acceptors (Lipinski definition) is 3. The molecule has 0 spiro atoms. The van der Waals surface area contributed by atoms with E-state index in [-0.39, 0.29) is 5.91 Å². The zero-order valence-electron chi connectivity index (χ0n) is 12.7. The van der Waals surface area contributed by atoms with E-state index >= 15 is 0 Å². The third-order valence-electron chi connectivity index (χ3n) is 3.12. The first-order valence-electron chi connectivity index (χ1n) is 6.62. The van der Waals surface area contributed by atoms with Gasteiger partial charge in [0.25, 0.3) is 0 Å². The maximum Gasteiger partial charge on any atom is 0.242 e. The lowest BCUT2D eigenvalue weighted by atomic mass is 9.87. The maximum absolute atomic E-state index is 12.5. The molecule has 0 aromatic rings. The second kappa shape index (κ2) is 7.38. The van der Waals surface area contributed by atoms with Crippen LogP contribution in [0.15, 0.2) is 0 Å². The minimum absolute atomic E-state index is 0.0388. The van der Waals surface area contributed by atoms with Gasteiger partial charge in [0.15, 0.2) is 0 Å². The summed E-state index contributed by atoms with van der Waals surface area (Å²) >= 11 is 0. The molecule has 0 aliphatic heterocycles. The predicted molar refractivity (Wildman–Crippen MR) is 74.0 cm³/mol. The maximum atomic E-state index is 12.5. The van der Waals surface area contributed by atoms with Crippen LogP contribution in [0.5, 0.6) is 0 Å². The van der Waals surface area contributed by atoms with Gasteiger partial charge in [-0.2, -0.15) is 5.26 Å². The molecule has 0 aliphatic rings. The highest BCUT2D eigenvalue weighted by Crippen LogP contribution is 2.23. The van der Waals surface area contributed by atoms with Crippen molar-refractivity contribution in [1.82, 2.24) is 9.80 Å². The highest BCUT2D eigenvalue weighted by atomic mass is 16.2. The Balaban J connectivity index is 4.84. The number of nitriles is 1. The third kappa shape index (κ3) is 5.05. The number of rotatable bonds is 7. The Hall–Kier alpha value is -1.08. The average molecular weight is 253 g/mol. The van der Waals surface area contributed by atoms with Crippen LogP contribution in [0, 0.1) is 22.7 Å². The zero-order chi connectivity index (χ0) is 14.3. The summed E-state index contributed by atoms with van der Waals surface area (Å²) in [5.74, 6) is 0.374. The molecule has 0 heterocycles. The Kier molecular flexibility index (Phi) is 6.93. The molecule has 0 bridgehead atoms. The highest BCUT2D eigenvalue weighted by molar-refractivity contribution is 5.85. The first-order chi connectivity index (χ1) is 8.26. The molecule has 1 unspecified atom stereocenters. The predicted octanol–water partition coefficient (Wildman–Crippen LogP) is 1.97. The lowest BCUT2D eigenvalue weighted by molar-refractivity contribution is -0.139. The second-order valence-corrected chi connectivity index (χ2v) is 5.75. The molecule has 0 aliphatic carbocycles. The van der Waals surface area contributed by atoms with Gasteiger partial charge in [0.05, 0.1) is 6.07 Å². The van der Waals surface area contributed by atoms with Crippen LogP contribution in [-0.2, 0) is 4.79 Å². The van der Waals surface area contributed by atoms with Crippen molar-refractivity contribution in [3.63, 3.8) is 0 Å². The topological polar surface area (TPSA) is 47.3 Å². The minimum Gasteiger partial charge on any atom is -0.340 e. The number of carbonyl (C=O) groups excluding carboxylic acids is 1. The zero-order valence-corrected chi connectivity index (χ0v) is 12.7. The summed E-state index contributed by atoms with van der Waals surface area (Å²) in [7, 11) is 3.97. The molecular formula is C14H27N3O. The summed E-state index contributed by atoms with van der Waals surface area (Å²) in [6.07, 6.45) is 0.554. The van der Waals surface area contributed by atoms with Gasteiger partial charge in [0, 0.05) is 19.6 Å². The fraction of sp³-hybridized carbons (Fsp3) is 0.857. The van der Waals surface area contributed by atoms with Gasteiger partial charge in [-0.25, -0.2) is 0 Å². The van der Waals surface area contributed by atoms with Crippen LogP contribution >= 0.6 is 0 Å². The number of nitrogens with zero attached hydrogens (tertiary/aromatic N) is 3. The first kappa shape index (κ1) is 16.9. The molecule has 4 heteroatoms. The van der Waals surface area contributed by atoms with Crippen LogP contribution < -0.4 is 0 Å². The van der Waals surface area contributed by atoms with E-state index < -0.39 is 5.41 Å². The largest absolute Gasteiger partial charge is 0.340 e. The van der Waals surface area contributed by atoms with Crippen molar-refractivity contribution in [2.75, 3.05) is 33.7 Å². The summed E-state index contributed by atoms with van der Waals surface area (Å²) in [4.78, 5) is 16.3. The van der Waals surface area contributed by atoms with Gasteiger partial charge in [-0.1, -0.05) is 20.8 Å². The molecule has 0 N–H and O–H groups in total. The van der Waals surface area contributed by atoms with Gasteiger partial charge in [-0.05, 0) is 33.4 Å². The quantitative estimate of drug-likeness (QED) is 0.697. The van der Waals surface area contributed by atoms with Crippen molar-refractivity contribution < 1.29 is 4.79 Å². The van der Waals surface area contributed by atoms with E-state index in [4.69, 9.17) is 0 Å². The lowest BCUT2D eigenvalue weighted by Gasteiger charge is -2.31. The van der Waals surface area contributed by atoms with E-state index in [2.05, 4.69) is 24.8 Å². The van der Waals surface area contributed by atoms with Crippen LogP contribution in [0.3, 0.4) is 0 Å². The summed E-state index contributed by atoms with van der Waals surface area (Å²) in [5, 5.41) is 9.21. The molecular weight excluding hydrogens is 226 g/mol. The molecule has 104 valence electrons. The molecule has 4 nitrogen and oxygen atoms in total. The molecule has 18 heavy (non-hydrogen) atoms. The van der Waals surface area contributed by atoms with E-state index in [1.165, 1.54) is 0 Å². The number of amides is 1. The van der Waals surface area contributed by atoms with Crippen molar-refractivity contribution in [3.8, 4) is 6.07 Å². The summed E-state index contributed by atoms with van der Waals surface area (Å²) in [5.41, 5.74) is -0.888. The SMILES string of the molecule is CCC(C)(C#N)C(=O)N(CCN(C)C)CC(C)C. The monoisotopic (exact) mass is 253 g/mol. The number of carbonyl (C=O) groups is 1. The van der Waals surface area contributed by atoms with Crippen molar-refractivity contribution in [2.45, 2.75) is 34.1 Å². The minimum atomic E-state index is -0.888. The normalized spacial score (nSPS) is 14.4. The Labute approximate surface area is 112 Å². The van der Waals surface area contributed by atoms with E-state index in [1.807, 2.05) is 25.9 Å². The Morgan fingerprint density at radius 3 is 2.22 bits per heavy atom. The smallest absolute Gasteiger partial charge is 0.242 e.